The number of carbonyl (C=O) groups is 2. The van der Waals surface area contributed by atoms with E-state index in [9.17, 15) is 14.7 Å². The van der Waals surface area contributed by atoms with Gasteiger partial charge in [-0.25, -0.2) is 9.98 Å². The second-order valence-corrected chi connectivity index (χ2v) is 8.99. The van der Waals surface area contributed by atoms with Gasteiger partial charge in [0.2, 0.25) is 0 Å². The van der Waals surface area contributed by atoms with E-state index in [-0.39, 0.29) is 23.0 Å². The second-order valence-electron chi connectivity index (χ2n) is 8.62. The number of ether oxygens (including phenoxy) is 1. The van der Waals surface area contributed by atoms with Gasteiger partial charge >= 0.3 is 5.97 Å². The van der Waals surface area contributed by atoms with Crippen LogP contribution in [0.25, 0.3) is 0 Å². The van der Waals surface area contributed by atoms with E-state index in [4.69, 9.17) is 9.72 Å². The number of thiocarbonyl (C=S) groups is 2. The molecule has 1 N–H and O–H groups in total. The smallest absolute Gasteiger partial charge is 0.320 e. The van der Waals surface area contributed by atoms with Crippen molar-refractivity contribution in [2.24, 2.45) is 9.98 Å². The molecule has 13 heteroatoms. The van der Waals surface area contributed by atoms with Crippen LogP contribution in [0.4, 0.5) is 0 Å². The van der Waals surface area contributed by atoms with Gasteiger partial charge < -0.3 is 19.6 Å². The molecule has 1 saturated heterocycles. The van der Waals surface area contributed by atoms with Crippen LogP contribution in [0.15, 0.2) is 28.2 Å². The molecule has 1 fully saturated rings. The molecule has 37 heavy (non-hydrogen) atoms. The molecule has 2 unspecified atom stereocenters. The third-order valence-electron chi connectivity index (χ3n) is 5.94. The minimum Gasteiger partial charge on any atom is -0.630 e. The Bertz CT molecular complexity index is 990. The zero-order valence-corrected chi connectivity index (χ0v) is 24.1. The minimum atomic E-state index is -0.929. The van der Waals surface area contributed by atoms with Crippen LogP contribution in [0.3, 0.4) is 0 Å². The maximum Gasteiger partial charge on any atom is 0.320 e. The summed E-state index contributed by atoms with van der Waals surface area (Å²) in [4.78, 5) is 42.9. The maximum atomic E-state index is 12.8. The van der Waals surface area contributed by atoms with Gasteiger partial charge in [-0.1, -0.05) is 26.1 Å². The summed E-state index contributed by atoms with van der Waals surface area (Å²) in [7, 11) is 3.71. The molecule has 0 saturated carbocycles. The zero-order valence-electron chi connectivity index (χ0n) is 21.3. The summed E-state index contributed by atoms with van der Waals surface area (Å²) in [6.45, 7) is 5.39. The number of aliphatic carboxylic acids is 1. The largest absolute Gasteiger partial charge is 0.630 e. The Morgan fingerprint density at radius 2 is 1.97 bits per heavy atom. The molecule has 2 atom stereocenters. The zero-order chi connectivity index (χ0) is 26.5. The Labute approximate surface area is 239 Å². The van der Waals surface area contributed by atoms with Gasteiger partial charge in [-0.05, 0) is 70.1 Å². The van der Waals surface area contributed by atoms with Gasteiger partial charge in [-0.2, -0.15) is 0 Å². The molecule has 1 radical (unpaired) electrons. The number of rotatable bonds is 15. The SMILES string of the molecule is CCN(C)C[C-]1CN(Cc2cccc(CN(C)C(CCN=C=S)C(=O)O)n2)C(CCN=C=S)C(=O)O1.[Mn]. The topological polar surface area (TPSA) is 111 Å². The number of hydrogen-bond donors (Lipinski definition) is 1. The van der Waals surface area contributed by atoms with Crippen molar-refractivity contribution >= 4 is 46.7 Å². The number of aliphatic imine (C=N–C) groups is 2. The van der Waals surface area contributed by atoms with Crippen molar-refractivity contribution in [1.29, 1.82) is 0 Å². The van der Waals surface area contributed by atoms with Gasteiger partial charge in [0.05, 0.1) is 34.8 Å². The molecule has 10 nitrogen and oxygen atoms in total. The number of esters is 1. The molecule has 0 aliphatic carbocycles. The molecule has 2 rings (SSSR count). The number of pyridine rings is 1. The Morgan fingerprint density at radius 1 is 1.30 bits per heavy atom. The van der Waals surface area contributed by atoms with E-state index in [2.05, 4.69) is 49.6 Å². The fraction of sp³-hybridized carbons (Fsp3) is 0.583. The van der Waals surface area contributed by atoms with Crippen molar-refractivity contribution in [2.75, 3.05) is 46.8 Å². The quantitative estimate of drug-likeness (QED) is 0.108. The molecule has 0 spiro atoms. The number of aromatic nitrogens is 1. The number of carbonyl (C=O) groups excluding carboxylic acids is 1. The van der Waals surface area contributed by atoms with Crippen LogP contribution in [0.2, 0.25) is 0 Å². The van der Waals surface area contributed by atoms with Crippen molar-refractivity contribution in [1.82, 2.24) is 19.7 Å². The number of isothiocyanates is 2. The second kappa shape index (κ2) is 17.6. The standard InChI is InChI=1S/C24H33N6O4S2.Mn/c1-4-28(2)14-20-15-30(22(24(33)34-20)9-11-26-17-36)13-19-7-5-6-18(27-19)12-29(3)21(23(31)32)8-10-25-16-35;/h5-7,21-22H,4,8-15H2,1-3H3,(H,31,32);/q-1;. The predicted molar refractivity (Wildman–Crippen MR) is 143 cm³/mol. The molecule has 1 aromatic heterocycles. The van der Waals surface area contributed by atoms with E-state index < -0.39 is 18.1 Å². The number of likely N-dealkylation sites (N-methyl/N-ethyl adjacent to an activating group) is 2. The molecule has 1 aliphatic rings. The summed E-state index contributed by atoms with van der Waals surface area (Å²) >= 11 is 9.22. The maximum absolute atomic E-state index is 12.8. The predicted octanol–water partition coefficient (Wildman–Crippen LogP) is 2.16. The summed E-state index contributed by atoms with van der Waals surface area (Å²) in [6, 6.07) is 4.45. The summed E-state index contributed by atoms with van der Waals surface area (Å²) in [5.74, 6) is -1.23. The van der Waals surface area contributed by atoms with Crippen LogP contribution in [-0.2, 0) is 44.5 Å². The Morgan fingerprint density at radius 3 is 2.62 bits per heavy atom. The summed E-state index contributed by atoms with van der Waals surface area (Å²) in [6.07, 6.45) is 1.48. The third kappa shape index (κ3) is 11.2. The van der Waals surface area contributed by atoms with Crippen molar-refractivity contribution in [3.63, 3.8) is 0 Å². The van der Waals surface area contributed by atoms with Gasteiger partial charge in [0.25, 0.3) is 5.97 Å². The summed E-state index contributed by atoms with van der Waals surface area (Å²) in [5.41, 5.74) is 1.51. The van der Waals surface area contributed by atoms with Gasteiger partial charge in [0, 0.05) is 30.2 Å². The van der Waals surface area contributed by atoms with Crippen LogP contribution in [0, 0.1) is 6.10 Å². The fourth-order valence-electron chi connectivity index (χ4n) is 3.97. The van der Waals surface area contributed by atoms with E-state index in [1.165, 1.54) is 0 Å². The molecule has 0 amide bonds. The average Bonchev–Trinajstić information content (AvgIpc) is 2.83. The molecule has 2 heterocycles. The summed E-state index contributed by atoms with van der Waals surface area (Å²) in [5, 5.41) is 14.2. The first-order chi connectivity index (χ1) is 17.3. The number of nitrogens with zero attached hydrogens (tertiary/aromatic N) is 6. The Balaban J connectivity index is 0.00000684. The molecular formula is C24H33MnN6O4S2-. The van der Waals surface area contributed by atoms with Gasteiger partial charge in [-0.3, -0.25) is 19.5 Å². The van der Waals surface area contributed by atoms with E-state index in [1.54, 1.807) is 11.9 Å². The van der Waals surface area contributed by atoms with Crippen LogP contribution in [-0.4, -0.2) is 106 Å². The van der Waals surface area contributed by atoms with Crippen molar-refractivity contribution in [3.8, 4) is 0 Å². The van der Waals surface area contributed by atoms with Crippen LogP contribution in [0.1, 0.15) is 31.2 Å². The molecule has 1 aromatic rings. The third-order valence-corrected chi connectivity index (χ3v) is 6.20. The first kappa shape index (κ1) is 33.1. The average molecular weight is 589 g/mol. The Kier molecular flexibility index (Phi) is 15.7. The van der Waals surface area contributed by atoms with Crippen molar-refractivity contribution < 1.29 is 36.5 Å². The van der Waals surface area contributed by atoms with Crippen LogP contribution >= 0.6 is 24.4 Å². The van der Waals surface area contributed by atoms with Gasteiger partial charge in [0.1, 0.15) is 12.1 Å². The minimum absolute atomic E-state index is 0. The van der Waals surface area contributed by atoms with E-state index in [0.717, 1.165) is 17.9 Å². The van der Waals surface area contributed by atoms with E-state index in [0.29, 0.717) is 58.2 Å². The van der Waals surface area contributed by atoms with Gasteiger partial charge in [0.15, 0.2) is 0 Å². The van der Waals surface area contributed by atoms with Crippen molar-refractivity contribution in [3.05, 3.63) is 35.7 Å². The number of morpholine rings is 1. The molecule has 0 bridgehead atoms. The number of carboxylic acid groups (broad SMARTS) is 1. The van der Waals surface area contributed by atoms with Gasteiger partial charge in [-0.15, -0.1) is 6.10 Å². The number of hydrogen-bond acceptors (Lipinski definition) is 11. The van der Waals surface area contributed by atoms with Crippen LogP contribution in [0.5, 0.6) is 0 Å². The molecule has 1 aliphatic heterocycles. The first-order valence-corrected chi connectivity index (χ1v) is 12.5. The fourth-order valence-corrected chi connectivity index (χ4v) is 4.15. The number of cyclic esters (lactones) is 1. The monoisotopic (exact) mass is 588 g/mol. The van der Waals surface area contributed by atoms with E-state index >= 15 is 0 Å². The Hall–Kier alpha value is -1.91. The number of carboxylic acids is 1. The summed E-state index contributed by atoms with van der Waals surface area (Å²) < 4.78 is 5.64. The van der Waals surface area contributed by atoms with Crippen molar-refractivity contribution in [2.45, 2.75) is 44.9 Å². The van der Waals surface area contributed by atoms with E-state index in [1.807, 2.05) is 37.1 Å². The normalized spacial score (nSPS) is 16.9. The van der Waals surface area contributed by atoms with Crippen LogP contribution < -0.4 is 0 Å². The molecular weight excluding hydrogens is 555 g/mol. The molecule has 203 valence electrons. The first-order valence-electron chi connectivity index (χ1n) is 11.7. The molecule has 0 aromatic carbocycles.